The largest absolute Gasteiger partial charge is 0.447 e. The third-order valence-corrected chi connectivity index (χ3v) is 3.01. The maximum atomic E-state index is 11.1. The Balaban J connectivity index is 0.000000555. The lowest BCUT2D eigenvalue weighted by Gasteiger charge is -2.15. The molecule has 0 N–H and O–H groups in total. The first-order valence-corrected chi connectivity index (χ1v) is 6.94. The predicted octanol–water partition coefficient (Wildman–Crippen LogP) is 4.32. The maximum absolute atomic E-state index is 11.1. The summed E-state index contributed by atoms with van der Waals surface area (Å²) in [6.45, 7) is 12.2. The highest BCUT2D eigenvalue weighted by molar-refractivity contribution is 5.69. The fourth-order valence-corrected chi connectivity index (χ4v) is 1.72. The molecule has 3 nitrogen and oxygen atoms in total. The van der Waals surface area contributed by atoms with E-state index in [1.807, 2.05) is 6.08 Å². The molecular weight excluding hydrogens is 238 g/mol. The van der Waals surface area contributed by atoms with E-state index in [0.717, 1.165) is 12.0 Å². The molecule has 0 radical (unpaired) electrons. The topological polar surface area (TPSA) is 29.5 Å². The molecule has 1 saturated heterocycles. The molecule has 1 amide bonds. The third kappa shape index (κ3) is 6.85. The van der Waals surface area contributed by atoms with Crippen molar-refractivity contribution >= 4 is 6.09 Å². The summed E-state index contributed by atoms with van der Waals surface area (Å²) in [7, 11) is 1.74. The molecule has 1 atom stereocenters. The summed E-state index contributed by atoms with van der Waals surface area (Å²) in [4.78, 5) is 12.7. The van der Waals surface area contributed by atoms with Crippen LogP contribution in [0.3, 0.4) is 0 Å². The van der Waals surface area contributed by atoms with Gasteiger partial charge in [-0.2, -0.15) is 0 Å². The lowest BCUT2D eigenvalue weighted by molar-refractivity contribution is 0.163. The normalized spacial score (nSPS) is 18.5. The molecular formula is C16H27NO2. The molecule has 1 rings (SSSR count). The quantitative estimate of drug-likeness (QED) is 0.669. The van der Waals surface area contributed by atoms with Crippen LogP contribution in [0.4, 0.5) is 4.79 Å². The molecule has 19 heavy (non-hydrogen) atoms. The Bertz CT molecular complexity index is 319. The Hall–Kier alpha value is -1.51. The van der Waals surface area contributed by atoms with Gasteiger partial charge in [0.15, 0.2) is 0 Å². The number of likely N-dealkylation sites (N-methyl/N-ethyl adjacent to an activating group) is 1. The van der Waals surface area contributed by atoms with E-state index >= 15 is 0 Å². The van der Waals surface area contributed by atoms with Crippen LogP contribution in [0.15, 0.2) is 37.0 Å². The van der Waals surface area contributed by atoms with E-state index in [4.69, 9.17) is 4.74 Å². The highest BCUT2D eigenvalue weighted by Gasteiger charge is 2.29. The van der Waals surface area contributed by atoms with Gasteiger partial charge < -0.3 is 9.64 Å². The number of amides is 1. The van der Waals surface area contributed by atoms with Crippen LogP contribution >= 0.6 is 0 Å². The molecule has 0 unspecified atom stereocenters. The highest BCUT2D eigenvalue weighted by Crippen LogP contribution is 2.17. The van der Waals surface area contributed by atoms with Gasteiger partial charge in [0.25, 0.3) is 0 Å². The second kappa shape index (κ2) is 10.4. The molecule has 0 aliphatic carbocycles. The second-order valence-electron chi connectivity index (χ2n) is 4.58. The molecule has 0 aromatic rings. The number of cyclic esters (lactones) is 1. The van der Waals surface area contributed by atoms with Gasteiger partial charge in [0.05, 0.1) is 6.04 Å². The van der Waals surface area contributed by atoms with E-state index in [9.17, 15) is 4.79 Å². The van der Waals surface area contributed by atoms with Gasteiger partial charge in [0.1, 0.15) is 6.61 Å². The van der Waals surface area contributed by atoms with Crippen LogP contribution in [0.1, 0.15) is 39.5 Å². The van der Waals surface area contributed by atoms with Crippen molar-refractivity contribution in [3.63, 3.8) is 0 Å². The molecule has 0 bridgehead atoms. The van der Waals surface area contributed by atoms with Crippen molar-refractivity contribution in [3.8, 4) is 0 Å². The van der Waals surface area contributed by atoms with Crippen LogP contribution in [-0.4, -0.2) is 30.7 Å². The van der Waals surface area contributed by atoms with E-state index in [1.54, 1.807) is 24.1 Å². The first-order chi connectivity index (χ1) is 9.10. The molecule has 1 aliphatic rings. The number of unbranched alkanes of at least 4 members (excludes halogenated alkanes) is 2. The smallest absolute Gasteiger partial charge is 0.409 e. The monoisotopic (exact) mass is 265 g/mol. The van der Waals surface area contributed by atoms with E-state index in [2.05, 4.69) is 27.0 Å². The lowest BCUT2D eigenvalue weighted by Crippen LogP contribution is -2.29. The van der Waals surface area contributed by atoms with Gasteiger partial charge in [-0.1, -0.05) is 64.5 Å². The SMILES string of the molecule is C=C/C=C(\C=C)C[C@H]1COC(=O)N1C.CCCCC. The van der Waals surface area contributed by atoms with Crippen molar-refractivity contribution in [2.45, 2.75) is 45.6 Å². The summed E-state index contributed by atoms with van der Waals surface area (Å²) in [5.74, 6) is 0. The van der Waals surface area contributed by atoms with Crippen molar-refractivity contribution in [1.29, 1.82) is 0 Å². The first kappa shape index (κ1) is 17.5. The van der Waals surface area contributed by atoms with Crippen molar-refractivity contribution in [1.82, 2.24) is 4.90 Å². The number of nitrogens with zero attached hydrogens (tertiary/aromatic N) is 1. The number of allylic oxidation sites excluding steroid dienone is 3. The van der Waals surface area contributed by atoms with Crippen LogP contribution in [0, 0.1) is 0 Å². The molecule has 0 saturated carbocycles. The number of hydrogen-bond acceptors (Lipinski definition) is 2. The minimum Gasteiger partial charge on any atom is -0.447 e. The number of hydrogen-bond donors (Lipinski definition) is 0. The molecule has 1 fully saturated rings. The summed E-state index contributed by atoms with van der Waals surface area (Å²) < 4.78 is 4.90. The van der Waals surface area contributed by atoms with E-state index in [-0.39, 0.29) is 12.1 Å². The number of ether oxygens (including phenoxy) is 1. The third-order valence-electron chi connectivity index (χ3n) is 3.01. The first-order valence-electron chi connectivity index (χ1n) is 6.94. The lowest BCUT2D eigenvalue weighted by atomic mass is 10.1. The number of carbonyl (C=O) groups excluding carboxylic acids is 1. The summed E-state index contributed by atoms with van der Waals surface area (Å²) >= 11 is 0. The van der Waals surface area contributed by atoms with E-state index in [1.165, 1.54) is 19.3 Å². The van der Waals surface area contributed by atoms with Crippen molar-refractivity contribution in [2.75, 3.05) is 13.7 Å². The molecule has 1 heterocycles. The number of rotatable bonds is 6. The van der Waals surface area contributed by atoms with Crippen LogP contribution in [0.5, 0.6) is 0 Å². The summed E-state index contributed by atoms with van der Waals surface area (Å²) in [5.41, 5.74) is 1.06. The van der Waals surface area contributed by atoms with Crippen LogP contribution < -0.4 is 0 Å². The summed E-state index contributed by atoms with van der Waals surface area (Å²) in [5, 5.41) is 0. The van der Waals surface area contributed by atoms with Crippen LogP contribution in [0.2, 0.25) is 0 Å². The standard InChI is InChI=1S/C11H15NO2.C5H12/c1-4-6-9(5-2)7-10-8-14-11(13)12(10)3;1-3-5-4-2/h4-6,10H,1-2,7-8H2,3H3;3-5H2,1-2H3/b9-6+;/t10-;/m0./s1. The minimum absolute atomic E-state index is 0.117. The molecule has 108 valence electrons. The van der Waals surface area contributed by atoms with Crippen LogP contribution in [-0.2, 0) is 4.74 Å². The average molecular weight is 265 g/mol. The Kier molecular flexibility index (Phi) is 9.59. The molecule has 3 heteroatoms. The van der Waals surface area contributed by atoms with Gasteiger partial charge in [-0.15, -0.1) is 0 Å². The Morgan fingerprint density at radius 1 is 1.42 bits per heavy atom. The van der Waals surface area contributed by atoms with Gasteiger partial charge in [-0.05, 0) is 12.0 Å². The summed E-state index contributed by atoms with van der Waals surface area (Å²) in [6, 6.07) is 0.117. The fourth-order valence-electron chi connectivity index (χ4n) is 1.72. The van der Waals surface area contributed by atoms with Gasteiger partial charge in [-0.3, -0.25) is 0 Å². The van der Waals surface area contributed by atoms with Crippen LogP contribution in [0.25, 0.3) is 0 Å². The maximum Gasteiger partial charge on any atom is 0.409 e. The Labute approximate surface area is 117 Å². The average Bonchev–Trinajstić information content (AvgIpc) is 2.72. The zero-order chi connectivity index (χ0) is 14.7. The molecule has 1 aliphatic heterocycles. The second-order valence-corrected chi connectivity index (χ2v) is 4.58. The minimum atomic E-state index is -0.253. The van der Waals surface area contributed by atoms with Crippen molar-refractivity contribution < 1.29 is 9.53 Å². The van der Waals surface area contributed by atoms with Crippen molar-refractivity contribution in [3.05, 3.63) is 37.0 Å². The van der Waals surface area contributed by atoms with Crippen molar-refractivity contribution in [2.24, 2.45) is 0 Å². The molecule has 0 spiro atoms. The Morgan fingerprint density at radius 3 is 2.37 bits per heavy atom. The Morgan fingerprint density at radius 2 is 2.05 bits per heavy atom. The molecule has 0 aromatic heterocycles. The zero-order valence-corrected chi connectivity index (χ0v) is 12.5. The predicted molar refractivity (Wildman–Crippen MR) is 81.2 cm³/mol. The van der Waals surface area contributed by atoms with E-state index < -0.39 is 0 Å². The molecule has 0 aromatic carbocycles. The van der Waals surface area contributed by atoms with Gasteiger partial charge in [0.2, 0.25) is 0 Å². The van der Waals surface area contributed by atoms with Gasteiger partial charge in [-0.25, -0.2) is 4.79 Å². The van der Waals surface area contributed by atoms with Gasteiger partial charge >= 0.3 is 6.09 Å². The number of carbonyl (C=O) groups is 1. The van der Waals surface area contributed by atoms with Gasteiger partial charge in [0, 0.05) is 7.05 Å². The highest BCUT2D eigenvalue weighted by atomic mass is 16.6. The van der Waals surface area contributed by atoms with E-state index in [0.29, 0.717) is 6.61 Å². The summed E-state index contributed by atoms with van der Waals surface area (Å²) in [6.07, 6.45) is 9.97. The zero-order valence-electron chi connectivity index (χ0n) is 12.5. The fraction of sp³-hybridized carbons (Fsp3) is 0.562.